The van der Waals surface area contributed by atoms with Crippen LogP contribution in [0.1, 0.15) is 34.7 Å². The van der Waals surface area contributed by atoms with Crippen LogP contribution in [0.25, 0.3) is 0 Å². The molecule has 0 radical (unpaired) electrons. The maximum absolute atomic E-state index is 6.37. The summed E-state index contributed by atoms with van der Waals surface area (Å²) in [6, 6.07) is 15.2. The van der Waals surface area contributed by atoms with Crippen molar-refractivity contribution < 1.29 is 0 Å². The Kier molecular flexibility index (Phi) is 3.72. The maximum atomic E-state index is 6.37. The Morgan fingerprint density at radius 1 is 1.05 bits per heavy atom. The van der Waals surface area contributed by atoms with Crippen LogP contribution >= 0.6 is 15.9 Å². The Balaban J connectivity index is 1.81. The van der Waals surface area contributed by atoms with Gasteiger partial charge in [-0.3, -0.25) is 0 Å². The minimum atomic E-state index is 0.0737. The largest absolute Gasteiger partial charge is 0.324 e. The van der Waals surface area contributed by atoms with Gasteiger partial charge in [-0.25, -0.2) is 0 Å². The zero-order valence-corrected chi connectivity index (χ0v) is 12.5. The Morgan fingerprint density at radius 2 is 1.84 bits per heavy atom. The van der Waals surface area contributed by atoms with Crippen molar-refractivity contribution in [3.63, 3.8) is 0 Å². The normalized spacial score (nSPS) is 15.3. The Labute approximate surface area is 123 Å². The number of benzene rings is 2. The van der Waals surface area contributed by atoms with Gasteiger partial charge < -0.3 is 5.73 Å². The summed E-state index contributed by atoms with van der Waals surface area (Å²) in [6.07, 6.45) is 4.61. The molecule has 0 bridgehead atoms. The van der Waals surface area contributed by atoms with Crippen molar-refractivity contribution >= 4 is 15.9 Å². The lowest BCUT2D eigenvalue weighted by Crippen LogP contribution is -2.14. The minimum Gasteiger partial charge on any atom is -0.324 e. The summed E-state index contributed by atoms with van der Waals surface area (Å²) in [5.41, 5.74) is 11.9. The fourth-order valence-corrected chi connectivity index (χ4v) is 3.29. The van der Waals surface area contributed by atoms with Crippen molar-refractivity contribution in [1.82, 2.24) is 0 Å². The van der Waals surface area contributed by atoms with E-state index in [9.17, 15) is 0 Å². The lowest BCUT2D eigenvalue weighted by Gasteiger charge is -2.14. The van der Waals surface area contributed by atoms with E-state index in [0.29, 0.717) is 0 Å². The maximum Gasteiger partial charge on any atom is 0.0336 e. The van der Waals surface area contributed by atoms with E-state index in [2.05, 4.69) is 52.3 Å². The summed E-state index contributed by atoms with van der Waals surface area (Å²) >= 11 is 3.59. The molecular weight excluding hydrogens is 298 g/mol. The smallest absolute Gasteiger partial charge is 0.0336 e. The Bertz CT molecular complexity index is 592. The molecule has 0 heterocycles. The first kappa shape index (κ1) is 12.9. The predicted molar refractivity (Wildman–Crippen MR) is 83.2 cm³/mol. The third-order valence-corrected chi connectivity index (χ3v) is 4.72. The van der Waals surface area contributed by atoms with Crippen LogP contribution in [0, 0.1) is 0 Å². The average molecular weight is 316 g/mol. The molecule has 2 aromatic carbocycles. The van der Waals surface area contributed by atoms with Gasteiger partial charge in [0.15, 0.2) is 0 Å². The van der Waals surface area contributed by atoms with E-state index in [4.69, 9.17) is 5.73 Å². The second kappa shape index (κ2) is 5.48. The van der Waals surface area contributed by atoms with E-state index >= 15 is 0 Å². The third-order valence-electron chi connectivity index (χ3n) is 3.95. The topological polar surface area (TPSA) is 26.0 Å². The summed E-state index contributed by atoms with van der Waals surface area (Å²) in [4.78, 5) is 0. The molecule has 0 aromatic heterocycles. The van der Waals surface area contributed by atoms with E-state index in [1.165, 1.54) is 41.5 Å². The fraction of sp³-hybridized carbons (Fsp3) is 0.294. The lowest BCUT2D eigenvalue weighted by atomic mass is 9.97. The van der Waals surface area contributed by atoms with Crippen LogP contribution in [0.3, 0.4) is 0 Å². The van der Waals surface area contributed by atoms with Gasteiger partial charge in [-0.2, -0.15) is 0 Å². The average Bonchev–Trinajstić information content (AvgIpc) is 2.88. The van der Waals surface area contributed by atoms with Crippen LogP contribution in [-0.4, -0.2) is 0 Å². The minimum absolute atomic E-state index is 0.0737. The summed E-state index contributed by atoms with van der Waals surface area (Å²) in [7, 11) is 0. The van der Waals surface area contributed by atoms with Crippen LogP contribution in [0.2, 0.25) is 0 Å². The van der Waals surface area contributed by atoms with Crippen LogP contribution in [0.5, 0.6) is 0 Å². The van der Waals surface area contributed by atoms with E-state index in [-0.39, 0.29) is 6.04 Å². The zero-order chi connectivity index (χ0) is 13.2. The van der Waals surface area contributed by atoms with Crippen molar-refractivity contribution in [2.24, 2.45) is 5.73 Å². The van der Waals surface area contributed by atoms with E-state index in [1.54, 1.807) is 0 Å². The summed E-state index contributed by atoms with van der Waals surface area (Å²) in [5.74, 6) is 0. The molecule has 0 aliphatic heterocycles. The van der Waals surface area contributed by atoms with Gasteiger partial charge in [0.1, 0.15) is 0 Å². The van der Waals surface area contributed by atoms with E-state index in [0.717, 1.165) is 10.9 Å². The summed E-state index contributed by atoms with van der Waals surface area (Å²) < 4.78 is 1.15. The number of aryl methyl sites for hydroxylation is 2. The number of hydrogen-bond acceptors (Lipinski definition) is 1. The quantitative estimate of drug-likeness (QED) is 0.903. The first-order valence-electron chi connectivity index (χ1n) is 6.85. The molecule has 19 heavy (non-hydrogen) atoms. The van der Waals surface area contributed by atoms with Crippen LogP contribution in [0.15, 0.2) is 46.9 Å². The number of halogens is 1. The Hall–Kier alpha value is -1.12. The van der Waals surface area contributed by atoms with Gasteiger partial charge in [-0.15, -0.1) is 0 Å². The highest BCUT2D eigenvalue weighted by atomic mass is 79.9. The first-order valence-corrected chi connectivity index (χ1v) is 7.64. The van der Waals surface area contributed by atoms with Gasteiger partial charge in [0.25, 0.3) is 0 Å². The van der Waals surface area contributed by atoms with Crippen molar-refractivity contribution in [3.05, 3.63) is 69.2 Å². The third kappa shape index (κ3) is 2.75. The molecule has 0 spiro atoms. The molecule has 1 aliphatic rings. The molecule has 1 aliphatic carbocycles. The van der Waals surface area contributed by atoms with Crippen LogP contribution in [0.4, 0.5) is 0 Å². The number of rotatable bonds is 3. The summed E-state index contributed by atoms with van der Waals surface area (Å²) in [6.45, 7) is 0. The fourth-order valence-electron chi connectivity index (χ4n) is 2.84. The molecule has 1 atom stereocenters. The standard InChI is InChI=1S/C17H18BrN/c18-16-7-2-1-4-14(16)11-17(19)15-9-8-12-5-3-6-13(12)10-15/h1-2,4,7-10,17H,3,5-6,11,19H2. The van der Waals surface area contributed by atoms with E-state index in [1.807, 2.05) is 6.07 Å². The number of hydrogen-bond donors (Lipinski definition) is 1. The predicted octanol–water partition coefficient (Wildman–Crippen LogP) is 4.18. The second-order valence-corrected chi connectivity index (χ2v) is 6.14. The van der Waals surface area contributed by atoms with Crippen LogP contribution < -0.4 is 5.73 Å². The van der Waals surface area contributed by atoms with Gasteiger partial charge in [0, 0.05) is 10.5 Å². The second-order valence-electron chi connectivity index (χ2n) is 5.28. The molecule has 0 saturated carbocycles. The molecule has 2 heteroatoms. The Morgan fingerprint density at radius 3 is 2.68 bits per heavy atom. The lowest BCUT2D eigenvalue weighted by molar-refractivity contribution is 0.718. The molecule has 2 aromatic rings. The first-order chi connectivity index (χ1) is 9.24. The highest BCUT2D eigenvalue weighted by Gasteiger charge is 2.14. The molecule has 0 amide bonds. The van der Waals surface area contributed by atoms with Gasteiger partial charge in [0.2, 0.25) is 0 Å². The monoisotopic (exact) mass is 315 g/mol. The molecule has 0 fully saturated rings. The van der Waals surface area contributed by atoms with Crippen LogP contribution in [-0.2, 0) is 19.3 Å². The molecule has 0 saturated heterocycles. The van der Waals surface area contributed by atoms with Crippen molar-refractivity contribution in [2.75, 3.05) is 0 Å². The highest BCUT2D eigenvalue weighted by molar-refractivity contribution is 9.10. The molecular formula is C17H18BrN. The van der Waals surface area contributed by atoms with E-state index < -0.39 is 0 Å². The van der Waals surface area contributed by atoms with Gasteiger partial charge in [-0.05, 0) is 54.0 Å². The zero-order valence-electron chi connectivity index (χ0n) is 10.9. The number of nitrogens with two attached hydrogens (primary N) is 1. The molecule has 2 N–H and O–H groups in total. The van der Waals surface area contributed by atoms with Crippen molar-refractivity contribution in [1.29, 1.82) is 0 Å². The number of fused-ring (bicyclic) bond motifs is 1. The molecule has 1 nitrogen and oxygen atoms in total. The van der Waals surface area contributed by atoms with Gasteiger partial charge in [0.05, 0.1) is 0 Å². The van der Waals surface area contributed by atoms with Gasteiger partial charge >= 0.3 is 0 Å². The molecule has 98 valence electrons. The highest BCUT2D eigenvalue weighted by Crippen LogP contribution is 2.27. The van der Waals surface area contributed by atoms with Crippen molar-refractivity contribution in [3.8, 4) is 0 Å². The molecule has 3 rings (SSSR count). The molecule has 1 unspecified atom stereocenters. The van der Waals surface area contributed by atoms with Crippen molar-refractivity contribution in [2.45, 2.75) is 31.7 Å². The summed E-state index contributed by atoms with van der Waals surface area (Å²) in [5, 5.41) is 0. The van der Waals surface area contributed by atoms with Gasteiger partial charge in [-0.1, -0.05) is 52.3 Å². The SMILES string of the molecule is NC(Cc1ccccc1Br)c1ccc2c(c1)CCC2.